The lowest BCUT2D eigenvalue weighted by Gasteiger charge is -2.15. The molecule has 0 unspecified atom stereocenters. The Morgan fingerprint density at radius 3 is 2.58 bits per heavy atom. The van der Waals surface area contributed by atoms with Crippen LogP contribution in [0.1, 0.15) is 27.6 Å². The number of para-hydroxylation sites is 1. The van der Waals surface area contributed by atoms with Crippen LogP contribution < -0.4 is 4.74 Å². The predicted octanol–water partition coefficient (Wildman–Crippen LogP) is 4.50. The number of ether oxygens (including phenoxy) is 2. The average Bonchev–Trinajstić information content (AvgIpc) is 3.03. The van der Waals surface area contributed by atoms with Gasteiger partial charge in [-0.25, -0.2) is 4.79 Å². The molecule has 0 bridgehead atoms. The minimum atomic E-state index is -0.753. The molecule has 3 rings (SSSR count). The van der Waals surface area contributed by atoms with Crippen LogP contribution in [0, 0.1) is 6.92 Å². The van der Waals surface area contributed by atoms with E-state index >= 15 is 0 Å². The van der Waals surface area contributed by atoms with Crippen molar-refractivity contribution in [3.8, 4) is 5.75 Å². The predicted molar refractivity (Wildman–Crippen MR) is 100 cm³/mol. The summed E-state index contributed by atoms with van der Waals surface area (Å²) in [7, 11) is 1.31. The van der Waals surface area contributed by atoms with Crippen LogP contribution in [-0.2, 0) is 4.74 Å². The van der Waals surface area contributed by atoms with Crippen molar-refractivity contribution >= 4 is 34.4 Å². The van der Waals surface area contributed by atoms with Crippen molar-refractivity contribution in [2.24, 2.45) is 0 Å². The Kier molecular flexibility index (Phi) is 5.00. The summed E-state index contributed by atoms with van der Waals surface area (Å²) in [5.41, 5.74) is 1.83. The van der Waals surface area contributed by atoms with Crippen molar-refractivity contribution in [2.45, 2.75) is 20.0 Å². The monoisotopic (exact) mass is 371 g/mol. The van der Waals surface area contributed by atoms with E-state index in [1.807, 2.05) is 6.92 Å². The van der Waals surface area contributed by atoms with Crippen LogP contribution in [0.25, 0.3) is 10.9 Å². The van der Waals surface area contributed by atoms with Crippen LogP contribution in [0.2, 0.25) is 5.02 Å². The third kappa shape index (κ3) is 3.30. The fourth-order valence-electron chi connectivity index (χ4n) is 2.78. The molecule has 0 spiro atoms. The van der Waals surface area contributed by atoms with E-state index in [0.717, 1.165) is 5.56 Å². The molecule has 134 valence electrons. The smallest absolute Gasteiger partial charge is 0.340 e. The number of benzene rings is 2. The highest BCUT2D eigenvalue weighted by atomic mass is 35.5. The van der Waals surface area contributed by atoms with Gasteiger partial charge in [0.25, 0.3) is 5.91 Å². The van der Waals surface area contributed by atoms with Gasteiger partial charge in [0.2, 0.25) is 0 Å². The van der Waals surface area contributed by atoms with Crippen LogP contribution in [-0.4, -0.2) is 29.7 Å². The summed E-state index contributed by atoms with van der Waals surface area (Å²) in [6, 6.07) is 12.4. The third-order valence-electron chi connectivity index (χ3n) is 4.14. The number of rotatable bonds is 4. The summed E-state index contributed by atoms with van der Waals surface area (Å²) < 4.78 is 12.0. The Hall–Kier alpha value is -2.79. The normalized spacial score (nSPS) is 12.0. The zero-order valence-corrected chi connectivity index (χ0v) is 15.4. The quantitative estimate of drug-likeness (QED) is 0.634. The van der Waals surface area contributed by atoms with Gasteiger partial charge in [-0.15, -0.1) is 0 Å². The molecule has 0 aliphatic rings. The molecule has 26 heavy (non-hydrogen) atoms. The number of aryl methyl sites for hydroxylation is 1. The standard InChI is InChI=1S/C20H18ClNO4/c1-12-10-14(8-9-17(12)21)26-13(2)19(23)22-11-16(20(24)25-3)15-6-4-5-7-18(15)22/h4-11,13H,1-3H3/t13-/m0/s1. The molecular weight excluding hydrogens is 354 g/mol. The largest absolute Gasteiger partial charge is 0.481 e. The SMILES string of the molecule is COC(=O)c1cn(C(=O)[C@H](C)Oc2ccc(Cl)c(C)c2)c2ccccc12. The van der Waals surface area contributed by atoms with E-state index in [2.05, 4.69) is 0 Å². The molecule has 0 radical (unpaired) electrons. The number of carbonyl (C=O) groups excluding carboxylic acids is 2. The van der Waals surface area contributed by atoms with Gasteiger partial charge in [0, 0.05) is 16.6 Å². The summed E-state index contributed by atoms with van der Waals surface area (Å²) in [5.74, 6) is -0.226. The summed E-state index contributed by atoms with van der Waals surface area (Å²) in [5, 5.41) is 1.29. The van der Waals surface area contributed by atoms with Crippen molar-refractivity contribution in [3.05, 3.63) is 64.8 Å². The maximum absolute atomic E-state index is 12.9. The minimum Gasteiger partial charge on any atom is -0.481 e. The number of esters is 1. The number of methoxy groups -OCH3 is 1. The van der Waals surface area contributed by atoms with E-state index < -0.39 is 12.1 Å². The van der Waals surface area contributed by atoms with Crippen LogP contribution in [0.5, 0.6) is 5.75 Å². The van der Waals surface area contributed by atoms with Gasteiger partial charge in [-0.2, -0.15) is 0 Å². The van der Waals surface area contributed by atoms with E-state index in [-0.39, 0.29) is 5.91 Å². The lowest BCUT2D eigenvalue weighted by atomic mass is 10.2. The van der Waals surface area contributed by atoms with E-state index in [9.17, 15) is 9.59 Å². The van der Waals surface area contributed by atoms with Gasteiger partial charge in [0.1, 0.15) is 5.75 Å². The molecule has 0 saturated heterocycles. The van der Waals surface area contributed by atoms with Gasteiger partial charge in [0.05, 0.1) is 18.2 Å². The van der Waals surface area contributed by atoms with Crippen molar-refractivity contribution in [2.75, 3.05) is 7.11 Å². The highest BCUT2D eigenvalue weighted by Gasteiger charge is 2.23. The van der Waals surface area contributed by atoms with E-state index in [1.54, 1.807) is 49.4 Å². The highest BCUT2D eigenvalue weighted by molar-refractivity contribution is 6.31. The third-order valence-corrected chi connectivity index (χ3v) is 4.57. The second kappa shape index (κ2) is 7.22. The molecule has 6 heteroatoms. The first-order valence-corrected chi connectivity index (χ1v) is 8.45. The van der Waals surface area contributed by atoms with Crippen molar-refractivity contribution < 1.29 is 19.1 Å². The molecular formula is C20H18ClNO4. The van der Waals surface area contributed by atoms with Crippen LogP contribution in [0.3, 0.4) is 0 Å². The first-order chi connectivity index (χ1) is 12.4. The van der Waals surface area contributed by atoms with Gasteiger partial charge in [0.15, 0.2) is 6.10 Å². The summed E-state index contributed by atoms with van der Waals surface area (Å²) in [6.07, 6.45) is 0.739. The maximum atomic E-state index is 12.9. The van der Waals surface area contributed by atoms with E-state index in [1.165, 1.54) is 17.9 Å². The lowest BCUT2D eigenvalue weighted by molar-refractivity contribution is 0.0602. The van der Waals surface area contributed by atoms with Gasteiger partial charge in [-0.1, -0.05) is 29.8 Å². The number of halogens is 1. The summed E-state index contributed by atoms with van der Waals surface area (Å²) in [4.78, 5) is 24.9. The molecule has 1 atom stereocenters. The van der Waals surface area contributed by atoms with Crippen LogP contribution in [0.15, 0.2) is 48.7 Å². The second-order valence-corrected chi connectivity index (χ2v) is 6.34. The van der Waals surface area contributed by atoms with Gasteiger partial charge in [-0.05, 0) is 43.7 Å². The summed E-state index contributed by atoms with van der Waals surface area (Å²) >= 11 is 6.02. The van der Waals surface area contributed by atoms with Gasteiger partial charge in [-0.3, -0.25) is 9.36 Å². The molecule has 0 amide bonds. The zero-order valence-electron chi connectivity index (χ0n) is 14.7. The number of hydrogen-bond acceptors (Lipinski definition) is 4. The Bertz CT molecular complexity index is 993. The fourth-order valence-corrected chi connectivity index (χ4v) is 2.89. The lowest BCUT2D eigenvalue weighted by Crippen LogP contribution is -2.28. The Morgan fingerprint density at radius 1 is 1.15 bits per heavy atom. The molecule has 0 N–H and O–H groups in total. The van der Waals surface area contributed by atoms with Crippen molar-refractivity contribution in [1.82, 2.24) is 4.57 Å². The molecule has 0 aliphatic carbocycles. The Morgan fingerprint density at radius 2 is 1.88 bits per heavy atom. The highest BCUT2D eigenvalue weighted by Crippen LogP contribution is 2.25. The molecule has 1 heterocycles. The number of nitrogens with zero attached hydrogens (tertiary/aromatic N) is 1. The first kappa shape index (κ1) is 18.0. The number of aromatic nitrogens is 1. The fraction of sp³-hybridized carbons (Fsp3) is 0.200. The molecule has 1 aromatic heterocycles. The molecule has 0 fully saturated rings. The van der Waals surface area contributed by atoms with E-state index in [4.69, 9.17) is 21.1 Å². The first-order valence-electron chi connectivity index (χ1n) is 8.07. The van der Waals surface area contributed by atoms with Crippen LogP contribution >= 0.6 is 11.6 Å². The molecule has 3 aromatic rings. The zero-order chi connectivity index (χ0) is 18.8. The maximum Gasteiger partial charge on any atom is 0.340 e. The second-order valence-electron chi connectivity index (χ2n) is 5.93. The average molecular weight is 372 g/mol. The Balaban J connectivity index is 1.94. The van der Waals surface area contributed by atoms with Gasteiger partial charge < -0.3 is 9.47 Å². The minimum absolute atomic E-state index is 0.288. The van der Waals surface area contributed by atoms with E-state index in [0.29, 0.717) is 27.2 Å². The van der Waals surface area contributed by atoms with Crippen molar-refractivity contribution in [3.63, 3.8) is 0 Å². The summed E-state index contributed by atoms with van der Waals surface area (Å²) in [6.45, 7) is 3.53. The number of hydrogen-bond donors (Lipinski definition) is 0. The number of carbonyl (C=O) groups is 2. The van der Waals surface area contributed by atoms with Crippen LogP contribution in [0.4, 0.5) is 0 Å². The molecule has 2 aromatic carbocycles. The van der Waals surface area contributed by atoms with Gasteiger partial charge >= 0.3 is 5.97 Å². The number of fused-ring (bicyclic) bond motifs is 1. The van der Waals surface area contributed by atoms with Crippen molar-refractivity contribution in [1.29, 1.82) is 0 Å². The molecule has 5 nitrogen and oxygen atoms in total. The molecule has 0 aliphatic heterocycles. The Labute approximate surface area is 156 Å². The molecule has 0 saturated carbocycles. The topological polar surface area (TPSA) is 57.5 Å².